The maximum absolute atomic E-state index is 13.5. The Kier molecular flexibility index (Phi) is 7.65. The van der Waals surface area contributed by atoms with Crippen molar-refractivity contribution in [2.24, 2.45) is 0 Å². The summed E-state index contributed by atoms with van der Waals surface area (Å²) in [5, 5.41) is 11.8. The Bertz CT molecular complexity index is 1540. The molecular formula is C31H30N2O5S. The van der Waals surface area contributed by atoms with E-state index in [-0.39, 0.29) is 11.3 Å². The fourth-order valence-corrected chi connectivity index (χ4v) is 5.75. The third-order valence-electron chi connectivity index (χ3n) is 6.76. The number of methoxy groups -OCH3 is 1. The molecule has 1 atom stereocenters. The second-order valence-corrected chi connectivity index (χ2v) is 10.5. The van der Waals surface area contributed by atoms with Crippen LogP contribution in [0.1, 0.15) is 48.9 Å². The van der Waals surface area contributed by atoms with Crippen molar-refractivity contribution in [3.63, 3.8) is 0 Å². The topological polar surface area (TPSA) is 89.0 Å². The first-order valence-corrected chi connectivity index (χ1v) is 13.8. The Morgan fingerprint density at radius 3 is 2.41 bits per heavy atom. The summed E-state index contributed by atoms with van der Waals surface area (Å²) in [6.45, 7) is 4.75. The standard InChI is InChI=1S/C31H30N2O5S/c1-4-5-6-17-38-23-14-8-20(9-15-23)27-26(28(34)21-10-12-22(37-3)13-11-21)29(35)30(36)33(27)31-32-24-16-7-19(2)18-25(24)39-31/h7-16,18,27,34H,4-6,17H2,1-3H3/b28-26+. The normalized spacial score (nSPS) is 16.7. The number of aromatic nitrogens is 1. The largest absolute Gasteiger partial charge is 0.507 e. The summed E-state index contributed by atoms with van der Waals surface area (Å²) in [5.41, 5.74) is 2.91. The number of thiazole rings is 1. The van der Waals surface area contributed by atoms with E-state index in [4.69, 9.17) is 9.47 Å². The fourth-order valence-electron chi connectivity index (χ4n) is 4.66. The molecule has 1 saturated heterocycles. The van der Waals surface area contributed by atoms with Gasteiger partial charge in [0.15, 0.2) is 5.13 Å². The number of nitrogens with zero attached hydrogens (tertiary/aromatic N) is 2. The third-order valence-corrected chi connectivity index (χ3v) is 7.78. The van der Waals surface area contributed by atoms with Crippen LogP contribution in [0.3, 0.4) is 0 Å². The molecule has 1 fully saturated rings. The molecule has 0 bridgehead atoms. The van der Waals surface area contributed by atoms with Crippen LogP contribution in [0.25, 0.3) is 16.0 Å². The first-order chi connectivity index (χ1) is 18.9. The Hall–Kier alpha value is -4.17. The Labute approximate surface area is 231 Å². The molecule has 1 aliphatic heterocycles. The number of Topliss-reactive ketones (excluding diaryl/α,β-unsaturated/α-hetero) is 1. The van der Waals surface area contributed by atoms with Crippen molar-refractivity contribution in [2.75, 3.05) is 18.6 Å². The smallest absolute Gasteiger partial charge is 0.301 e. The molecule has 0 radical (unpaired) electrons. The molecule has 39 heavy (non-hydrogen) atoms. The Morgan fingerprint density at radius 1 is 1.00 bits per heavy atom. The van der Waals surface area contributed by atoms with E-state index in [1.54, 1.807) is 31.4 Å². The van der Waals surface area contributed by atoms with Crippen LogP contribution in [-0.4, -0.2) is 35.5 Å². The maximum Gasteiger partial charge on any atom is 0.301 e. The minimum absolute atomic E-state index is 0.0113. The van der Waals surface area contributed by atoms with Crippen LogP contribution in [-0.2, 0) is 9.59 Å². The summed E-state index contributed by atoms with van der Waals surface area (Å²) in [6.07, 6.45) is 3.18. The van der Waals surface area contributed by atoms with E-state index in [1.165, 1.54) is 16.2 Å². The molecule has 1 N–H and O–H groups in total. The highest BCUT2D eigenvalue weighted by Gasteiger charge is 2.48. The van der Waals surface area contributed by atoms with E-state index in [1.807, 2.05) is 49.4 Å². The number of ether oxygens (including phenoxy) is 2. The van der Waals surface area contributed by atoms with Crippen molar-refractivity contribution < 1.29 is 24.2 Å². The van der Waals surface area contributed by atoms with Gasteiger partial charge in [-0.2, -0.15) is 0 Å². The summed E-state index contributed by atoms with van der Waals surface area (Å²) in [4.78, 5) is 33.1. The van der Waals surface area contributed by atoms with Gasteiger partial charge in [0.25, 0.3) is 5.78 Å². The first-order valence-electron chi connectivity index (χ1n) is 13.0. The van der Waals surface area contributed by atoms with Crippen LogP contribution in [0.5, 0.6) is 11.5 Å². The van der Waals surface area contributed by atoms with E-state index in [9.17, 15) is 14.7 Å². The fraction of sp³-hybridized carbons (Fsp3) is 0.258. The Morgan fingerprint density at radius 2 is 1.72 bits per heavy atom. The molecule has 0 spiro atoms. The van der Waals surface area contributed by atoms with E-state index in [2.05, 4.69) is 11.9 Å². The van der Waals surface area contributed by atoms with Gasteiger partial charge in [-0.1, -0.05) is 49.3 Å². The number of hydrogen-bond acceptors (Lipinski definition) is 7. The quantitative estimate of drug-likeness (QED) is 0.108. The number of unbranched alkanes of at least 4 members (excludes halogenated alkanes) is 2. The second-order valence-electron chi connectivity index (χ2n) is 9.49. The molecule has 1 amide bonds. The van der Waals surface area contributed by atoms with Crippen LogP contribution in [0.4, 0.5) is 5.13 Å². The van der Waals surface area contributed by atoms with Crippen molar-refractivity contribution >= 4 is 44.1 Å². The average Bonchev–Trinajstić information content (AvgIpc) is 3.48. The molecule has 1 aliphatic rings. The van der Waals surface area contributed by atoms with E-state index >= 15 is 0 Å². The average molecular weight is 543 g/mol. The lowest BCUT2D eigenvalue weighted by molar-refractivity contribution is -0.132. The number of ketones is 1. The van der Waals surface area contributed by atoms with Crippen molar-refractivity contribution in [3.05, 3.63) is 89.0 Å². The van der Waals surface area contributed by atoms with Gasteiger partial charge in [0.05, 0.1) is 35.5 Å². The molecule has 4 aromatic rings. The summed E-state index contributed by atoms with van der Waals surface area (Å²) in [6, 6.07) is 19.0. The van der Waals surface area contributed by atoms with Gasteiger partial charge < -0.3 is 14.6 Å². The molecule has 0 saturated carbocycles. The highest BCUT2D eigenvalue weighted by Crippen LogP contribution is 2.44. The highest BCUT2D eigenvalue weighted by atomic mass is 32.1. The van der Waals surface area contributed by atoms with Crippen molar-refractivity contribution in [2.45, 2.75) is 39.2 Å². The van der Waals surface area contributed by atoms with Gasteiger partial charge in [0.2, 0.25) is 0 Å². The summed E-state index contributed by atoms with van der Waals surface area (Å²) < 4.78 is 12.0. The molecule has 8 heteroatoms. The second kappa shape index (κ2) is 11.3. The van der Waals surface area contributed by atoms with Crippen molar-refractivity contribution in [1.82, 2.24) is 4.98 Å². The predicted octanol–water partition coefficient (Wildman–Crippen LogP) is 6.81. The summed E-state index contributed by atoms with van der Waals surface area (Å²) >= 11 is 1.34. The zero-order chi connectivity index (χ0) is 27.5. The maximum atomic E-state index is 13.5. The zero-order valence-electron chi connectivity index (χ0n) is 22.1. The summed E-state index contributed by atoms with van der Waals surface area (Å²) in [7, 11) is 1.55. The number of aliphatic hydroxyl groups excluding tert-OH is 1. The highest BCUT2D eigenvalue weighted by molar-refractivity contribution is 7.22. The van der Waals surface area contributed by atoms with Crippen molar-refractivity contribution in [3.8, 4) is 11.5 Å². The lowest BCUT2D eigenvalue weighted by Crippen LogP contribution is -2.29. The molecule has 1 unspecified atom stereocenters. The minimum Gasteiger partial charge on any atom is -0.507 e. The van der Waals surface area contributed by atoms with Crippen LogP contribution in [0, 0.1) is 6.92 Å². The van der Waals surface area contributed by atoms with Gasteiger partial charge in [0, 0.05) is 5.56 Å². The number of carbonyl (C=O) groups excluding carboxylic acids is 2. The number of rotatable bonds is 9. The van der Waals surface area contributed by atoms with Gasteiger partial charge in [-0.25, -0.2) is 4.98 Å². The number of carbonyl (C=O) groups is 2. The first kappa shape index (κ1) is 26.4. The molecule has 1 aromatic heterocycles. The van der Waals surface area contributed by atoms with Gasteiger partial charge in [-0.15, -0.1) is 0 Å². The third kappa shape index (κ3) is 5.25. The van der Waals surface area contributed by atoms with Gasteiger partial charge >= 0.3 is 5.91 Å². The van der Waals surface area contributed by atoms with E-state index in [0.717, 1.165) is 35.0 Å². The van der Waals surface area contributed by atoms with Crippen LogP contribution in [0.2, 0.25) is 0 Å². The molecule has 5 rings (SSSR count). The predicted molar refractivity (Wildman–Crippen MR) is 154 cm³/mol. The van der Waals surface area contributed by atoms with Crippen LogP contribution in [0.15, 0.2) is 72.3 Å². The van der Waals surface area contributed by atoms with Crippen molar-refractivity contribution in [1.29, 1.82) is 0 Å². The Balaban J connectivity index is 1.59. The van der Waals surface area contributed by atoms with Gasteiger partial charge in [0.1, 0.15) is 17.3 Å². The minimum atomic E-state index is -0.858. The lowest BCUT2D eigenvalue weighted by Gasteiger charge is -2.23. The SMILES string of the molecule is CCCCCOc1ccc(C2/C(=C(\O)c3ccc(OC)cc3)C(=O)C(=O)N2c2nc3ccc(C)cc3s2)cc1. The monoisotopic (exact) mass is 542 g/mol. The van der Waals surface area contributed by atoms with Crippen LogP contribution >= 0.6 is 11.3 Å². The number of aliphatic hydroxyl groups is 1. The number of amides is 1. The van der Waals surface area contributed by atoms with Crippen LogP contribution < -0.4 is 14.4 Å². The molecule has 7 nitrogen and oxygen atoms in total. The summed E-state index contributed by atoms with van der Waals surface area (Å²) in [5.74, 6) is -0.421. The molecular weight excluding hydrogens is 512 g/mol. The number of benzene rings is 3. The van der Waals surface area contributed by atoms with E-state index < -0.39 is 17.7 Å². The van der Waals surface area contributed by atoms with Gasteiger partial charge in [-0.3, -0.25) is 14.5 Å². The zero-order valence-corrected chi connectivity index (χ0v) is 23.0. The van der Waals surface area contributed by atoms with Gasteiger partial charge in [-0.05, 0) is 73.0 Å². The molecule has 0 aliphatic carbocycles. The number of anilines is 1. The van der Waals surface area contributed by atoms with E-state index in [0.29, 0.717) is 34.4 Å². The number of hydrogen-bond donors (Lipinski definition) is 1. The lowest BCUT2D eigenvalue weighted by atomic mass is 9.95. The number of aryl methyl sites for hydroxylation is 1. The molecule has 200 valence electrons. The number of fused-ring (bicyclic) bond motifs is 1. The molecule has 2 heterocycles. The molecule has 3 aromatic carbocycles.